The molecule has 116 valence electrons. The topological polar surface area (TPSA) is 54.0 Å². The van der Waals surface area contributed by atoms with Crippen LogP contribution >= 0.6 is 11.3 Å². The smallest absolute Gasteiger partial charge is 0.229 e. The average molecular weight is 315 g/mol. The van der Waals surface area contributed by atoms with Gasteiger partial charge < -0.3 is 10.6 Å². The van der Waals surface area contributed by atoms with E-state index in [1.807, 2.05) is 5.38 Å². The Morgan fingerprint density at radius 3 is 2.86 bits per heavy atom. The zero-order valence-corrected chi connectivity index (χ0v) is 13.7. The van der Waals surface area contributed by atoms with Gasteiger partial charge in [0.2, 0.25) is 5.91 Å². The molecule has 1 amide bonds. The van der Waals surface area contributed by atoms with Crippen molar-refractivity contribution in [1.82, 2.24) is 10.3 Å². The molecular weight excluding hydrogens is 294 g/mol. The number of aryl methyl sites for hydroxylation is 1. The average Bonchev–Trinajstić information content (AvgIpc) is 2.96. The highest BCUT2D eigenvalue weighted by Gasteiger charge is 2.25. The highest BCUT2D eigenvalue weighted by Crippen LogP contribution is 2.26. The van der Waals surface area contributed by atoms with Crippen LogP contribution in [0.5, 0.6) is 0 Å². The lowest BCUT2D eigenvalue weighted by Crippen LogP contribution is -2.40. The maximum absolute atomic E-state index is 12.3. The lowest BCUT2D eigenvalue weighted by atomic mass is 9.92. The molecule has 1 aliphatic heterocycles. The number of aromatic nitrogens is 1. The summed E-state index contributed by atoms with van der Waals surface area (Å²) >= 11 is 1.48. The largest absolute Gasteiger partial charge is 0.314 e. The minimum atomic E-state index is 0.0861. The third kappa shape index (κ3) is 3.54. The summed E-state index contributed by atoms with van der Waals surface area (Å²) in [7, 11) is 0. The molecule has 1 fully saturated rings. The second-order valence-electron chi connectivity index (χ2n) is 5.97. The predicted octanol–water partition coefficient (Wildman–Crippen LogP) is 3.45. The SMILES string of the molecule is Cc1ccc(-c2csc(NC(=O)[C@H]3CCN[C@@H](C)C3)n2)cc1. The van der Waals surface area contributed by atoms with Crippen molar-refractivity contribution in [2.75, 3.05) is 11.9 Å². The van der Waals surface area contributed by atoms with Gasteiger partial charge in [0, 0.05) is 22.9 Å². The fourth-order valence-corrected chi connectivity index (χ4v) is 3.49. The quantitative estimate of drug-likeness (QED) is 0.912. The molecule has 2 N–H and O–H groups in total. The van der Waals surface area contributed by atoms with Crippen LogP contribution in [0.3, 0.4) is 0 Å². The summed E-state index contributed by atoms with van der Waals surface area (Å²) in [5.41, 5.74) is 3.23. The van der Waals surface area contributed by atoms with Crippen LogP contribution < -0.4 is 10.6 Å². The zero-order chi connectivity index (χ0) is 15.5. The first-order chi connectivity index (χ1) is 10.6. The Morgan fingerprint density at radius 1 is 1.36 bits per heavy atom. The van der Waals surface area contributed by atoms with Crippen LogP contribution in [-0.2, 0) is 4.79 Å². The van der Waals surface area contributed by atoms with E-state index < -0.39 is 0 Å². The van der Waals surface area contributed by atoms with Gasteiger partial charge in [-0.2, -0.15) is 0 Å². The molecule has 0 aliphatic carbocycles. The summed E-state index contributed by atoms with van der Waals surface area (Å²) in [6.45, 7) is 5.10. The van der Waals surface area contributed by atoms with Crippen LogP contribution in [0.15, 0.2) is 29.6 Å². The van der Waals surface area contributed by atoms with Crippen LogP contribution in [-0.4, -0.2) is 23.5 Å². The van der Waals surface area contributed by atoms with E-state index in [2.05, 4.69) is 53.7 Å². The van der Waals surface area contributed by atoms with Crippen molar-refractivity contribution in [1.29, 1.82) is 0 Å². The van der Waals surface area contributed by atoms with E-state index in [0.29, 0.717) is 11.2 Å². The Morgan fingerprint density at radius 2 is 2.14 bits per heavy atom. The fraction of sp³-hybridized carbons (Fsp3) is 0.412. The van der Waals surface area contributed by atoms with Crippen molar-refractivity contribution in [2.45, 2.75) is 32.7 Å². The second kappa shape index (κ2) is 6.58. The molecule has 0 saturated carbocycles. The first-order valence-electron chi connectivity index (χ1n) is 7.68. The highest BCUT2D eigenvalue weighted by molar-refractivity contribution is 7.14. The summed E-state index contributed by atoms with van der Waals surface area (Å²) in [6, 6.07) is 8.67. The summed E-state index contributed by atoms with van der Waals surface area (Å²) in [5, 5.41) is 9.02. The van der Waals surface area contributed by atoms with Crippen LogP contribution in [0.4, 0.5) is 5.13 Å². The Labute approximate surface area is 135 Å². The van der Waals surface area contributed by atoms with E-state index in [1.165, 1.54) is 16.9 Å². The molecule has 4 nitrogen and oxygen atoms in total. The number of nitrogens with zero attached hydrogens (tertiary/aromatic N) is 1. The number of anilines is 1. The van der Waals surface area contributed by atoms with E-state index in [9.17, 15) is 4.79 Å². The number of hydrogen-bond acceptors (Lipinski definition) is 4. The Hall–Kier alpha value is -1.72. The molecule has 1 aromatic carbocycles. The number of thiazole rings is 1. The number of nitrogens with one attached hydrogen (secondary N) is 2. The third-order valence-corrected chi connectivity index (χ3v) is 4.83. The van der Waals surface area contributed by atoms with Crippen molar-refractivity contribution in [3.05, 3.63) is 35.2 Å². The number of piperidine rings is 1. The molecule has 1 aliphatic rings. The van der Waals surface area contributed by atoms with Crippen LogP contribution in [0.2, 0.25) is 0 Å². The van der Waals surface area contributed by atoms with Gasteiger partial charge in [-0.1, -0.05) is 29.8 Å². The fourth-order valence-electron chi connectivity index (χ4n) is 2.77. The number of benzene rings is 1. The molecule has 1 saturated heterocycles. The number of rotatable bonds is 3. The van der Waals surface area contributed by atoms with Crippen molar-refractivity contribution < 1.29 is 4.79 Å². The van der Waals surface area contributed by atoms with Crippen molar-refractivity contribution in [3.63, 3.8) is 0 Å². The van der Waals surface area contributed by atoms with Gasteiger partial charge in [-0.15, -0.1) is 11.3 Å². The lowest BCUT2D eigenvalue weighted by Gasteiger charge is -2.26. The molecule has 22 heavy (non-hydrogen) atoms. The molecule has 3 rings (SSSR count). The molecule has 0 spiro atoms. The Kier molecular flexibility index (Phi) is 4.55. The Bertz CT molecular complexity index is 650. The summed E-state index contributed by atoms with van der Waals surface area (Å²) < 4.78 is 0. The number of carbonyl (C=O) groups is 1. The molecule has 1 aromatic heterocycles. The van der Waals surface area contributed by atoms with Crippen LogP contribution in [0.25, 0.3) is 11.3 Å². The van der Waals surface area contributed by atoms with Gasteiger partial charge >= 0.3 is 0 Å². The van der Waals surface area contributed by atoms with Crippen molar-refractivity contribution >= 4 is 22.4 Å². The van der Waals surface area contributed by atoms with Gasteiger partial charge in [0.15, 0.2) is 5.13 Å². The van der Waals surface area contributed by atoms with Crippen LogP contribution in [0, 0.1) is 12.8 Å². The first-order valence-corrected chi connectivity index (χ1v) is 8.56. The second-order valence-corrected chi connectivity index (χ2v) is 6.83. The minimum absolute atomic E-state index is 0.0861. The summed E-state index contributed by atoms with van der Waals surface area (Å²) in [5.74, 6) is 0.182. The lowest BCUT2D eigenvalue weighted by molar-refractivity contribution is -0.120. The van der Waals surface area contributed by atoms with Gasteiger partial charge in [-0.3, -0.25) is 4.79 Å². The molecule has 0 unspecified atom stereocenters. The van der Waals surface area contributed by atoms with E-state index in [0.717, 1.165) is 30.6 Å². The van der Waals surface area contributed by atoms with Gasteiger partial charge in [0.1, 0.15) is 0 Å². The normalized spacial score (nSPS) is 21.5. The van der Waals surface area contributed by atoms with Gasteiger partial charge in [0.25, 0.3) is 0 Å². The maximum Gasteiger partial charge on any atom is 0.229 e. The highest BCUT2D eigenvalue weighted by atomic mass is 32.1. The zero-order valence-electron chi connectivity index (χ0n) is 12.9. The standard InChI is InChI=1S/C17H21N3OS/c1-11-3-5-13(6-4-11)15-10-22-17(19-15)20-16(21)14-7-8-18-12(2)9-14/h3-6,10,12,14,18H,7-9H2,1-2H3,(H,19,20,21)/t12-,14-/m0/s1. The molecule has 2 atom stereocenters. The summed E-state index contributed by atoms with van der Waals surface area (Å²) in [4.78, 5) is 16.9. The molecule has 0 radical (unpaired) electrons. The van der Waals surface area contributed by atoms with Crippen molar-refractivity contribution in [3.8, 4) is 11.3 Å². The van der Waals surface area contributed by atoms with E-state index in [4.69, 9.17) is 0 Å². The van der Waals surface area contributed by atoms with Gasteiger partial charge in [0.05, 0.1) is 5.69 Å². The number of carbonyl (C=O) groups excluding carboxylic acids is 1. The van der Waals surface area contributed by atoms with Gasteiger partial charge in [-0.25, -0.2) is 4.98 Å². The first kappa shape index (κ1) is 15.2. The Balaban J connectivity index is 1.66. The molecule has 2 heterocycles. The van der Waals surface area contributed by atoms with Crippen LogP contribution in [0.1, 0.15) is 25.3 Å². The monoisotopic (exact) mass is 315 g/mol. The molecule has 0 bridgehead atoms. The van der Waals surface area contributed by atoms with Gasteiger partial charge in [-0.05, 0) is 33.2 Å². The van der Waals surface area contributed by atoms with E-state index in [1.54, 1.807) is 0 Å². The van der Waals surface area contributed by atoms with E-state index >= 15 is 0 Å². The summed E-state index contributed by atoms with van der Waals surface area (Å²) in [6.07, 6.45) is 1.79. The molecule has 5 heteroatoms. The maximum atomic E-state index is 12.3. The molecular formula is C17H21N3OS. The molecule has 2 aromatic rings. The minimum Gasteiger partial charge on any atom is -0.314 e. The van der Waals surface area contributed by atoms with Crippen molar-refractivity contribution in [2.24, 2.45) is 5.92 Å². The third-order valence-electron chi connectivity index (χ3n) is 4.08. The predicted molar refractivity (Wildman–Crippen MR) is 91.1 cm³/mol. The van der Waals surface area contributed by atoms with E-state index in [-0.39, 0.29) is 11.8 Å². The number of amides is 1. The number of hydrogen-bond donors (Lipinski definition) is 2.